The molecule has 0 radical (unpaired) electrons. The number of nitrogens with zero attached hydrogens (tertiary/aromatic N) is 3. The summed E-state index contributed by atoms with van der Waals surface area (Å²) in [7, 11) is 0. The van der Waals surface area contributed by atoms with Crippen LogP contribution in [0.1, 0.15) is 72.9 Å². The van der Waals surface area contributed by atoms with Crippen molar-refractivity contribution in [1.29, 1.82) is 0 Å². The molecule has 2 heterocycles. The number of rotatable bonds is 9. The number of hydrogen-bond donors (Lipinski definition) is 0. The largest absolute Gasteiger partial charge is 0.292 e. The maximum atomic E-state index is 5.43. The van der Waals surface area contributed by atoms with Crippen molar-refractivity contribution in [3.63, 3.8) is 0 Å². The zero-order valence-corrected chi connectivity index (χ0v) is 32.4. The molecule has 0 fully saturated rings. The minimum atomic E-state index is -0.666. The lowest BCUT2D eigenvalue weighted by atomic mass is 9.64. The van der Waals surface area contributed by atoms with Gasteiger partial charge in [-0.1, -0.05) is 179 Å². The normalized spacial score (nSPS) is 11.9. The Kier molecular flexibility index (Phi) is 9.15. The van der Waals surface area contributed by atoms with Crippen LogP contribution in [0.5, 0.6) is 0 Å². The second-order valence-corrected chi connectivity index (χ2v) is 15.4. The first-order chi connectivity index (χ1) is 27.4. The van der Waals surface area contributed by atoms with Crippen LogP contribution in [0.4, 0.5) is 0 Å². The molecule has 9 aromatic rings. The Bertz CT molecular complexity index is 2750. The van der Waals surface area contributed by atoms with Gasteiger partial charge in [-0.3, -0.25) is 9.55 Å². The zero-order valence-electron chi connectivity index (χ0n) is 32.4. The van der Waals surface area contributed by atoms with Gasteiger partial charge in [0.15, 0.2) is 0 Å². The van der Waals surface area contributed by atoms with Gasteiger partial charge in [-0.05, 0) is 80.9 Å². The van der Waals surface area contributed by atoms with Gasteiger partial charge >= 0.3 is 0 Å². The van der Waals surface area contributed by atoms with Crippen LogP contribution in [0.25, 0.3) is 50.1 Å². The predicted octanol–water partition coefficient (Wildman–Crippen LogP) is 13.5. The lowest BCUT2D eigenvalue weighted by molar-refractivity contribution is 0.745. The van der Waals surface area contributed by atoms with Crippen molar-refractivity contribution >= 4 is 21.8 Å². The van der Waals surface area contributed by atoms with Crippen molar-refractivity contribution in [3.05, 3.63) is 222 Å². The maximum Gasteiger partial charge on any atom is 0.145 e. The van der Waals surface area contributed by atoms with Crippen molar-refractivity contribution in [3.8, 4) is 28.3 Å². The average molecular weight is 724 g/mol. The molecule has 0 atom stereocenters. The summed E-state index contributed by atoms with van der Waals surface area (Å²) in [5.74, 6) is 1.60. The first kappa shape index (κ1) is 35.1. The molecular weight excluding hydrogens is 679 g/mol. The minimum absolute atomic E-state index is 0.331. The van der Waals surface area contributed by atoms with Crippen LogP contribution in [0.15, 0.2) is 188 Å². The highest BCUT2D eigenvalue weighted by Gasteiger charge is 2.39. The van der Waals surface area contributed by atoms with E-state index in [0.29, 0.717) is 11.8 Å². The molecule has 3 nitrogen and oxygen atoms in total. The second-order valence-electron chi connectivity index (χ2n) is 15.4. The molecule has 0 unspecified atom stereocenters. The van der Waals surface area contributed by atoms with Crippen LogP contribution in [0.3, 0.4) is 0 Å². The van der Waals surface area contributed by atoms with Crippen LogP contribution in [-0.4, -0.2) is 14.5 Å². The fourth-order valence-electron chi connectivity index (χ4n) is 8.64. The van der Waals surface area contributed by atoms with Crippen molar-refractivity contribution in [2.24, 2.45) is 0 Å². The summed E-state index contributed by atoms with van der Waals surface area (Å²) in [6.45, 7) is 9.16. The smallest absolute Gasteiger partial charge is 0.145 e. The molecule has 0 aliphatic carbocycles. The molecule has 2 aromatic heterocycles. The SMILES string of the molecule is CC(C)c1cccc(C(C)C)c1-n1c(-c2cccc(C(c3ccccc3)(c3ccccc3)c3cccc(-c4cc5ccccc5cn4)c3)c2)nc2ccccc21. The summed E-state index contributed by atoms with van der Waals surface area (Å²) in [6, 6.07) is 65.9. The molecule has 3 heteroatoms. The van der Waals surface area contributed by atoms with Gasteiger partial charge in [-0.15, -0.1) is 0 Å². The van der Waals surface area contributed by atoms with E-state index in [0.717, 1.165) is 44.6 Å². The van der Waals surface area contributed by atoms with E-state index < -0.39 is 5.41 Å². The number of hydrogen-bond acceptors (Lipinski definition) is 2. The third-order valence-electron chi connectivity index (χ3n) is 11.3. The summed E-state index contributed by atoms with van der Waals surface area (Å²) < 4.78 is 2.43. The fourth-order valence-corrected chi connectivity index (χ4v) is 8.64. The summed E-state index contributed by atoms with van der Waals surface area (Å²) in [5.41, 5.74) is 13.1. The fraction of sp³-hybridized carbons (Fsp3) is 0.132. The molecule has 9 rings (SSSR count). The molecule has 0 amide bonds. The first-order valence-corrected chi connectivity index (χ1v) is 19.7. The lowest BCUT2D eigenvalue weighted by Crippen LogP contribution is -2.31. The number of benzene rings is 7. The summed E-state index contributed by atoms with van der Waals surface area (Å²) >= 11 is 0. The van der Waals surface area contributed by atoms with E-state index in [1.165, 1.54) is 38.9 Å². The van der Waals surface area contributed by atoms with Gasteiger partial charge in [-0.2, -0.15) is 0 Å². The molecule has 7 aromatic carbocycles. The Hall–Kier alpha value is -6.58. The predicted molar refractivity (Wildman–Crippen MR) is 234 cm³/mol. The van der Waals surface area contributed by atoms with Crippen LogP contribution in [0, 0.1) is 0 Å². The van der Waals surface area contributed by atoms with Crippen molar-refractivity contribution in [2.75, 3.05) is 0 Å². The zero-order chi connectivity index (χ0) is 38.2. The van der Waals surface area contributed by atoms with E-state index in [1.807, 2.05) is 6.20 Å². The highest BCUT2D eigenvalue weighted by molar-refractivity contribution is 5.86. The Balaban J connectivity index is 1.33. The molecular formula is C53H45N3. The Labute approximate surface area is 330 Å². The number of pyridine rings is 1. The highest BCUT2D eigenvalue weighted by atomic mass is 15.1. The topological polar surface area (TPSA) is 30.7 Å². The monoisotopic (exact) mass is 723 g/mol. The van der Waals surface area contributed by atoms with Crippen LogP contribution >= 0.6 is 0 Å². The number of imidazole rings is 1. The molecule has 0 saturated heterocycles. The summed E-state index contributed by atoms with van der Waals surface area (Å²) in [5, 5.41) is 2.31. The molecule has 0 saturated carbocycles. The second kappa shape index (κ2) is 14.6. The Morgan fingerprint density at radius 3 is 1.62 bits per heavy atom. The van der Waals surface area contributed by atoms with Gasteiger partial charge in [0.25, 0.3) is 0 Å². The van der Waals surface area contributed by atoms with Gasteiger partial charge in [0.2, 0.25) is 0 Å². The van der Waals surface area contributed by atoms with Gasteiger partial charge in [0.1, 0.15) is 5.82 Å². The number of aromatic nitrogens is 3. The third kappa shape index (κ3) is 6.01. The third-order valence-corrected chi connectivity index (χ3v) is 11.3. The van der Waals surface area contributed by atoms with Gasteiger partial charge in [0.05, 0.1) is 27.8 Å². The van der Waals surface area contributed by atoms with E-state index in [2.05, 4.69) is 214 Å². The molecule has 272 valence electrons. The molecule has 0 spiro atoms. The first-order valence-electron chi connectivity index (χ1n) is 19.7. The number of para-hydroxylation sites is 3. The summed E-state index contributed by atoms with van der Waals surface area (Å²) in [6.07, 6.45) is 1.98. The standard InChI is InChI=1S/C53H45N3/c1-36(2)46-28-17-29-47(37(3)4)51(46)56-50-31-14-13-30-48(50)55-52(56)40-21-16-27-45(33-40)53(42-22-7-5-8-23-42,43-24-9-6-10-25-43)44-26-15-20-39(32-44)49-34-38-18-11-12-19-41(38)35-54-49/h5-37H,1-4H3. The van der Waals surface area contributed by atoms with Crippen molar-refractivity contribution in [1.82, 2.24) is 14.5 Å². The lowest BCUT2D eigenvalue weighted by Gasteiger charge is -2.37. The van der Waals surface area contributed by atoms with E-state index in [1.54, 1.807) is 0 Å². The Morgan fingerprint density at radius 2 is 0.982 bits per heavy atom. The van der Waals surface area contributed by atoms with Gasteiger partial charge in [-0.25, -0.2) is 4.98 Å². The summed E-state index contributed by atoms with van der Waals surface area (Å²) in [4.78, 5) is 10.4. The van der Waals surface area contributed by atoms with E-state index in [9.17, 15) is 0 Å². The van der Waals surface area contributed by atoms with E-state index >= 15 is 0 Å². The Morgan fingerprint density at radius 1 is 0.464 bits per heavy atom. The average Bonchev–Trinajstić information content (AvgIpc) is 3.64. The molecule has 0 N–H and O–H groups in total. The van der Waals surface area contributed by atoms with Crippen LogP contribution in [-0.2, 0) is 5.41 Å². The number of fused-ring (bicyclic) bond motifs is 2. The molecule has 0 aliphatic heterocycles. The van der Waals surface area contributed by atoms with Crippen molar-refractivity contribution < 1.29 is 0 Å². The highest BCUT2D eigenvalue weighted by Crippen LogP contribution is 2.47. The van der Waals surface area contributed by atoms with Gasteiger partial charge < -0.3 is 0 Å². The van der Waals surface area contributed by atoms with Crippen LogP contribution in [0.2, 0.25) is 0 Å². The quantitative estimate of drug-likeness (QED) is 0.139. The maximum absolute atomic E-state index is 5.43. The molecule has 0 bridgehead atoms. The van der Waals surface area contributed by atoms with Crippen molar-refractivity contribution in [2.45, 2.75) is 44.9 Å². The van der Waals surface area contributed by atoms with Gasteiger partial charge in [0, 0.05) is 22.7 Å². The molecule has 0 aliphatic rings. The van der Waals surface area contributed by atoms with E-state index in [-0.39, 0.29) is 0 Å². The molecule has 56 heavy (non-hydrogen) atoms. The minimum Gasteiger partial charge on any atom is -0.292 e. The van der Waals surface area contributed by atoms with Crippen LogP contribution < -0.4 is 0 Å². The van der Waals surface area contributed by atoms with E-state index in [4.69, 9.17) is 9.97 Å².